The van der Waals surface area contributed by atoms with E-state index < -0.39 is 72.6 Å². The zero-order valence-corrected chi connectivity index (χ0v) is 33.8. The van der Waals surface area contributed by atoms with Crippen molar-refractivity contribution in [2.24, 2.45) is 5.11 Å². The van der Waals surface area contributed by atoms with Gasteiger partial charge in [0.05, 0.1) is 32.5 Å². The van der Waals surface area contributed by atoms with Crippen LogP contribution in [-0.4, -0.2) is 85.8 Å². The predicted molar refractivity (Wildman–Crippen MR) is 219 cm³/mol. The largest absolute Gasteiger partial charge is 0.463 e. The Morgan fingerprint density at radius 1 is 0.683 bits per heavy atom. The van der Waals surface area contributed by atoms with Gasteiger partial charge in [-0.1, -0.05) is 151 Å². The van der Waals surface area contributed by atoms with E-state index in [1.807, 2.05) is 121 Å². The topological polar surface area (TPSA) is 166 Å². The Bertz CT molecular complexity index is 1980. The fourth-order valence-electron chi connectivity index (χ4n) is 6.85. The van der Waals surface area contributed by atoms with Crippen molar-refractivity contribution in [1.82, 2.24) is 0 Å². The first-order valence-corrected chi connectivity index (χ1v) is 20.0. The molecule has 1 unspecified atom stereocenters. The molecule has 2 aliphatic heterocycles. The van der Waals surface area contributed by atoms with E-state index in [0.29, 0.717) is 0 Å². The summed E-state index contributed by atoms with van der Waals surface area (Å²) in [6.45, 7) is 4.84. The number of carbonyl (C=O) groups excluding carboxylic acids is 2. The van der Waals surface area contributed by atoms with Gasteiger partial charge < -0.3 is 42.6 Å². The highest BCUT2D eigenvalue weighted by atomic mass is 35.5. The van der Waals surface area contributed by atoms with Gasteiger partial charge in [-0.25, -0.2) is 4.79 Å². The van der Waals surface area contributed by atoms with Gasteiger partial charge in [0.15, 0.2) is 12.4 Å². The van der Waals surface area contributed by atoms with Crippen molar-refractivity contribution in [2.45, 2.75) is 94.0 Å². The van der Waals surface area contributed by atoms with Crippen molar-refractivity contribution in [3.05, 3.63) is 167 Å². The van der Waals surface area contributed by atoms with Gasteiger partial charge in [-0.05, 0) is 27.8 Å². The Morgan fingerprint density at radius 2 is 1.15 bits per heavy atom. The number of hydrogen-bond donors (Lipinski definition) is 0. The molecule has 0 amide bonds. The molecule has 316 valence electrons. The SMILES string of the molecule is C=CCOC(=O)[C@H]1O[C@@H](O[C@H]2[C@H](OCc3ccccc3)[C@@H](N=[N+]=[N-])C(Cl)O[C@@H]2COC(C)=O)[C@H](OCc2ccccc2)[C@@H](OCc2ccccc2)[C@@H]1OCc1ccccc1. The summed E-state index contributed by atoms with van der Waals surface area (Å²) in [5.41, 5.74) is 11.8. The highest BCUT2D eigenvalue weighted by Gasteiger charge is 2.55. The normalized spacial score (nSPS) is 26.3. The fraction of sp³-hybridized carbons (Fsp3) is 0.378. The Balaban J connectivity index is 1.43. The molecule has 4 aromatic rings. The van der Waals surface area contributed by atoms with E-state index in [1.54, 1.807) is 0 Å². The molecule has 2 aliphatic rings. The maximum atomic E-state index is 14.1. The number of alkyl halides is 1. The quantitative estimate of drug-likeness (QED) is 0.0218. The zero-order chi connectivity index (χ0) is 42.1. The summed E-state index contributed by atoms with van der Waals surface area (Å²) >= 11 is 6.72. The molecule has 60 heavy (non-hydrogen) atoms. The van der Waals surface area contributed by atoms with Crippen molar-refractivity contribution >= 4 is 23.5 Å². The highest BCUT2D eigenvalue weighted by molar-refractivity contribution is 6.20. The molecule has 2 fully saturated rings. The van der Waals surface area contributed by atoms with Gasteiger partial charge in [-0.15, -0.1) is 0 Å². The molecule has 0 radical (unpaired) electrons. The average molecular weight is 842 g/mol. The van der Waals surface area contributed by atoms with Crippen molar-refractivity contribution in [1.29, 1.82) is 0 Å². The molecule has 15 heteroatoms. The maximum Gasteiger partial charge on any atom is 0.338 e. The van der Waals surface area contributed by atoms with Gasteiger partial charge in [0.1, 0.15) is 55.3 Å². The number of carbonyl (C=O) groups is 2. The molecule has 0 aliphatic carbocycles. The number of esters is 2. The van der Waals surface area contributed by atoms with Gasteiger partial charge in [-0.2, -0.15) is 0 Å². The summed E-state index contributed by atoms with van der Waals surface area (Å²) in [6.07, 6.45) is -8.03. The second kappa shape index (κ2) is 23.0. The number of rotatable bonds is 20. The van der Waals surface area contributed by atoms with Crippen LogP contribution >= 0.6 is 11.6 Å². The Hall–Kier alpha value is -5.12. The van der Waals surface area contributed by atoms with E-state index in [4.69, 9.17) is 54.2 Å². The molecule has 14 nitrogen and oxygen atoms in total. The van der Waals surface area contributed by atoms with Gasteiger partial charge in [0.2, 0.25) is 0 Å². The first-order valence-electron chi connectivity index (χ1n) is 19.5. The van der Waals surface area contributed by atoms with Crippen LogP contribution in [0.15, 0.2) is 139 Å². The van der Waals surface area contributed by atoms with Crippen LogP contribution in [0, 0.1) is 0 Å². The smallest absolute Gasteiger partial charge is 0.338 e. The Kier molecular flexibility index (Phi) is 17.1. The highest BCUT2D eigenvalue weighted by Crippen LogP contribution is 2.37. The van der Waals surface area contributed by atoms with Crippen LogP contribution in [0.2, 0.25) is 0 Å². The third kappa shape index (κ3) is 12.5. The summed E-state index contributed by atoms with van der Waals surface area (Å²) in [6, 6.07) is 36.6. The summed E-state index contributed by atoms with van der Waals surface area (Å²) in [5, 5.41) is 3.96. The van der Waals surface area contributed by atoms with E-state index >= 15 is 0 Å². The van der Waals surface area contributed by atoms with Gasteiger partial charge in [0, 0.05) is 11.8 Å². The van der Waals surface area contributed by atoms with E-state index in [1.165, 1.54) is 13.0 Å². The number of azide groups is 1. The van der Waals surface area contributed by atoms with Crippen LogP contribution in [-0.2, 0) is 78.6 Å². The van der Waals surface area contributed by atoms with E-state index in [9.17, 15) is 15.1 Å². The minimum Gasteiger partial charge on any atom is -0.463 e. The fourth-order valence-corrected chi connectivity index (χ4v) is 7.18. The van der Waals surface area contributed by atoms with E-state index in [-0.39, 0.29) is 39.6 Å². The minimum atomic E-state index is -1.43. The van der Waals surface area contributed by atoms with Crippen LogP contribution < -0.4 is 0 Å². The van der Waals surface area contributed by atoms with Crippen molar-refractivity contribution in [3.8, 4) is 0 Å². The molecule has 0 bridgehead atoms. The number of benzene rings is 4. The van der Waals surface area contributed by atoms with E-state index in [0.717, 1.165) is 22.3 Å². The van der Waals surface area contributed by atoms with Gasteiger partial charge in [-0.3, -0.25) is 4.79 Å². The number of ether oxygens (including phenoxy) is 9. The summed E-state index contributed by atoms with van der Waals surface area (Å²) in [5.74, 6) is -1.35. The molecule has 0 N–H and O–H groups in total. The number of halogens is 1. The third-order valence-corrected chi connectivity index (χ3v) is 10.1. The first kappa shape index (κ1) is 44.4. The minimum absolute atomic E-state index is 0.0564. The van der Waals surface area contributed by atoms with Crippen LogP contribution in [0.1, 0.15) is 29.2 Å². The van der Waals surface area contributed by atoms with E-state index in [2.05, 4.69) is 16.6 Å². The third-order valence-electron chi connectivity index (χ3n) is 9.74. The van der Waals surface area contributed by atoms with Crippen LogP contribution in [0.5, 0.6) is 0 Å². The van der Waals surface area contributed by atoms with Crippen molar-refractivity contribution < 1.29 is 52.2 Å². The maximum absolute atomic E-state index is 14.1. The lowest BCUT2D eigenvalue weighted by Crippen LogP contribution is -2.66. The lowest BCUT2D eigenvalue weighted by molar-refractivity contribution is -0.347. The van der Waals surface area contributed by atoms with Crippen LogP contribution in [0.3, 0.4) is 0 Å². The molecule has 0 aromatic heterocycles. The zero-order valence-electron chi connectivity index (χ0n) is 33.1. The first-order chi connectivity index (χ1) is 29.3. The van der Waals surface area contributed by atoms with Crippen molar-refractivity contribution in [2.75, 3.05) is 13.2 Å². The second-order valence-electron chi connectivity index (χ2n) is 14.0. The molecule has 2 heterocycles. The lowest BCUT2D eigenvalue weighted by atomic mass is 9.95. The number of hydrogen-bond acceptors (Lipinski definition) is 12. The summed E-state index contributed by atoms with van der Waals surface area (Å²) in [4.78, 5) is 29.2. The average Bonchev–Trinajstić information content (AvgIpc) is 3.28. The number of nitrogens with zero attached hydrogens (tertiary/aromatic N) is 3. The monoisotopic (exact) mass is 841 g/mol. The summed E-state index contributed by atoms with van der Waals surface area (Å²) < 4.78 is 57.2. The predicted octanol–water partition coefficient (Wildman–Crippen LogP) is 7.37. The molecule has 10 atom stereocenters. The standard InChI is InChI=1S/C45H48ClN3O11/c1-3-24-52-44(51)41-39(55-26-32-18-10-5-11-19-32)40(56-27-33-20-12-6-13-21-33)42(57-28-34-22-14-7-15-23-34)45(60-41)59-37-35(29-53-30(2)50)58-43(46)36(48-49-47)38(37)54-25-31-16-8-4-9-17-31/h3-23,35-43,45H,1,24-29H2,2H3/t35-,36-,37-,38-,39+,40+,41+,42-,43?,45-/m1/s1. The van der Waals surface area contributed by atoms with Crippen LogP contribution in [0.25, 0.3) is 10.4 Å². The molecule has 4 aromatic carbocycles. The van der Waals surface area contributed by atoms with Gasteiger partial charge >= 0.3 is 11.9 Å². The van der Waals surface area contributed by atoms with Crippen molar-refractivity contribution in [3.63, 3.8) is 0 Å². The molecular weight excluding hydrogens is 794 g/mol. The second-order valence-corrected chi connectivity index (χ2v) is 14.4. The molecule has 2 saturated heterocycles. The van der Waals surface area contributed by atoms with Crippen LogP contribution in [0.4, 0.5) is 0 Å². The molecule has 0 saturated carbocycles. The van der Waals surface area contributed by atoms with Gasteiger partial charge in [0.25, 0.3) is 0 Å². The lowest BCUT2D eigenvalue weighted by Gasteiger charge is -2.48. The molecule has 0 spiro atoms. The Labute approximate surface area is 353 Å². The Morgan fingerprint density at radius 3 is 1.62 bits per heavy atom. The molecule has 6 rings (SSSR count). The summed E-state index contributed by atoms with van der Waals surface area (Å²) in [7, 11) is 0. The molecular formula is C45H48ClN3O11.